The zero-order chi connectivity index (χ0) is 13.9. The molecule has 0 fully saturated rings. The summed E-state index contributed by atoms with van der Waals surface area (Å²) in [6.07, 6.45) is 5.32. The summed E-state index contributed by atoms with van der Waals surface area (Å²) in [5, 5.41) is 3.48. The van der Waals surface area contributed by atoms with Crippen molar-refractivity contribution < 1.29 is 4.42 Å². The molecule has 0 atom stereocenters. The largest absolute Gasteiger partial charge is 0.468 e. The minimum Gasteiger partial charge on any atom is -0.468 e. The molecular formula is C16H26N2O. The van der Waals surface area contributed by atoms with Crippen LogP contribution in [0.3, 0.4) is 0 Å². The summed E-state index contributed by atoms with van der Waals surface area (Å²) >= 11 is 0. The second kappa shape index (κ2) is 5.93. The van der Waals surface area contributed by atoms with Crippen LogP contribution in [-0.4, -0.2) is 23.5 Å². The number of nitrogens with one attached hydrogen (secondary N) is 1. The molecule has 2 heterocycles. The van der Waals surface area contributed by atoms with Crippen LogP contribution in [0.15, 0.2) is 28.4 Å². The first-order chi connectivity index (χ1) is 8.94. The Balaban J connectivity index is 1.92. The summed E-state index contributed by atoms with van der Waals surface area (Å²) in [4.78, 5) is 2.47. The molecule has 0 saturated carbocycles. The fraction of sp³-hybridized carbons (Fsp3) is 0.625. The van der Waals surface area contributed by atoms with Gasteiger partial charge in [0.2, 0.25) is 0 Å². The van der Waals surface area contributed by atoms with Gasteiger partial charge in [0.1, 0.15) is 5.76 Å². The SMILES string of the molecule is CC1=CCN(Cc2ccoc2CNC(C)(C)C)CC1. The lowest BCUT2D eigenvalue weighted by atomic mass is 10.1. The van der Waals surface area contributed by atoms with E-state index < -0.39 is 0 Å². The van der Waals surface area contributed by atoms with Crippen LogP contribution >= 0.6 is 0 Å². The summed E-state index contributed by atoms with van der Waals surface area (Å²) in [7, 11) is 0. The highest BCUT2D eigenvalue weighted by Crippen LogP contribution is 2.17. The van der Waals surface area contributed by atoms with Crippen molar-refractivity contribution in [3.8, 4) is 0 Å². The molecule has 1 aliphatic rings. The Morgan fingerprint density at radius 2 is 2.16 bits per heavy atom. The lowest BCUT2D eigenvalue weighted by molar-refractivity contribution is 0.282. The number of nitrogens with zero attached hydrogens (tertiary/aromatic N) is 1. The monoisotopic (exact) mass is 262 g/mol. The molecule has 1 aliphatic heterocycles. The van der Waals surface area contributed by atoms with Crippen molar-refractivity contribution in [2.45, 2.75) is 52.7 Å². The molecule has 19 heavy (non-hydrogen) atoms. The highest BCUT2D eigenvalue weighted by molar-refractivity contribution is 5.18. The topological polar surface area (TPSA) is 28.4 Å². The van der Waals surface area contributed by atoms with E-state index in [-0.39, 0.29) is 5.54 Å². The first kappa shape index (κ1) is 14.4. The Morgan fingerprint density at radius 3 is 2.79 bits per heavy atom. The zero-order valence-electron chi connectivity index (χ0n) is 12.6. The maximum absolute atomic E-state index is 5.62. The number of rotatable bonds is 4. The van der Waals surface area contributed by atoms with E-state index in [1.54, 1.807) is 6.26 Å². The van der Waals surface area contributed by atoms with Crippen molar-refractivity contribution in [1.29, 1.82) is 0 Å². The van der Waals surface area contributed by atoms with Gasteiger partial charge in [-0.1, -0.05) is 11.6 Å². The normalized spacial score (nSPS) is 17.6. The van der Waals surface area contributed by atoms with Gasteiger partial charge < -0.3 is 9.73 Å². The lowest BCUT2D eigenvalue weighted by Crippen LogP contribution is -2.35. The smallest absolute Gasteiger partial charge is 0.122 e. The van der Waals surface area contributed by atoms with Crippen LogP contribution in [0.25, 0.3) is 0 Å². The van der Waals surface area contributed by atoms with Crippen LogP contribution in [-0.2, 0) is 13.1 Å². The van der Waals surface area contributed by atoms with E-state index in [2.05, 4.69) is 50.1 Å². The number of furan rings is 1. The van der Waals surface area contributed by atoms with Gasteiger partial charge in [0.05, 0.1) is 12.8 Å². The standard InChI is InChI=1S/C16H26N2O/c1-13-5-8-18(9-6-13)12-14-7-10-19-15(14)11-17-16(2,3)4/h5,7,10,17H,6,8-9,11-12H2,1-4H3. The lowest BCUT2D eigenvalue weighted by Gasteiger charge is -2.25. The third kappa shape index (κ3) is 4.51. The minimum atomic E-state index is 0.120. The van der Waals surface area contributed by atoms with E-state index in [0.717, 1.165) is 31.9 Å². The quantitative estimate of drug-likeness (QED) is 0.844. The minimum absolute atomic E-state index is 0.120. The molecular weight excluding hydrogens is 236 g/mol. The van der Waals surface area contributed by atoms with Crippen molar-refractivity contribution in [3.05, 3.63) is 35.3 Å². The maximum atomic E-state index is 5.62. The molecule has 0 aliphatic carbocycles. The Labute approximate surface area is 116 Å². The summed E-state index contributed by atoms with van der Waals surface area (Å²) in [5.41, 5.74) is 2.94. The van der Waals surface area contributed by atoms with Gasteiger partial charge in [-0.15, -0.1) is 0 Å². The van der Waals surface area contributed by atoms with Gasteiger partial charge in [0.15, 0.2) is 0 Å². The summed E-state index contributed by atoms with van der Waals surface area (Å²) in [5.74, 6) is 1.07. The van der Waals surface area contributed by atoms with Crippen molar-refractivity contribution >= 4 is 0 Å². The van der Waals surface area contributed by atoms with Crippen molar-refractivity contribution in [1.82, 2.24) is 10.2 Å². The molecule has 0 unspecified atom stereocenters. The maximum Gasteiger partial charge on any atom is 0.122 e. The average Bonchev–Trinajstić information content (AvgIpc) is 2.76. The summed E-state index contributed by atoms with van der Waals surface area (Å²) < 4.78 is 5.62. The van der Waals surface area contributed by atoms with E-state index in [1.165, 1.54) is 17.6 Å². The molecule has 2 rings (SSSR count). The van der Waals surface area contributed by atoms with Gasteiger partial charge in [-0.2, -0.15) is 0 Å². The van der Waals surface area contributed by atoms with Gasteiger partial charge in [0.25, 0.3) is 0 Å². The van der Waals surface area contributed by atoms with Gasteiger partial charge >= 0.3 is 0 Å². The van der Waals surface area contributed by atoms with E-state index in [0.29, 0.717) is 0 Å². The molecule has 0 saturated heterocycles. The third-order valence-electron chi connectivity index (χ3n) is 3.53. The van der Waals surface area contributed by atoms with Crippen LogP contribution in [0.5, 0.6) is 0 Å². The molecule has 0 aromatic carbocycles. The second-order valence-electron chi connectivity index (χ2n) is 6.51. The van der Waals surface area contributed by atoms with Crippen LogP contribution in [0, 0.1) is 0 Å². The molecule has 1 N–H and O–H groups in total. The molecule has 3 heteroatoms. The third-order valence-corrected chi connectivity index (χ3v) is 3.53. The highest BCUT2D eigenvalue weighted by Gasteiger charge is 2.15. The first-order valence-electron chi connectivity index (χ1n) is 7.12. The second-order valence-corrected chi connectivity index (χ2v) is 6.51. The van der Waals surface area contributed by atoms with Crippen LogP contribution in [0.1, 0.15) is 45.4 Å². The van der Waals surface area contributed by atoms with Crippen LogP contribution in [0.4, 0.5) is 0 Å². The van der Waals surface area contributed by atoms with Crippen molar-refractivity contribution in [3.63, 3.8) is 0 Å². The molecule has 0 amide bonds. The fourth-order valence-electron chi connectivity index (χ4n) is 2.21. The Hall–Kier alpha value is -1.06. The van der Waals surface area contributed by atoms with E-state index in [4.69, 9.17) is 4.42 Å². The summed E-state index contributed by atoms with van der Waals surface area (Å²) in [6.45, 7) is 12.7. The molecule has 106 valence electrons. The molecule has 1 aromatic rings. The van der Waals surface area contributed by atoms with E-state index >= 15 is 0 Å². The fourth-order valence-corrected chi connectivity index (χ4v) is 2.21. The predicted octanol–water partition coefficient (Wildman–Crippen LogP) is 3.32. The number of hydrogen-bond donors (Lipinski definition) is 1. The van der Waals surface area contributed by atoms with Gasteiger partial charge in [0, 0.05) is 30.7 Å². The zero-order valence-corrected chi connectivity index (χ0v) is 12.6. The Morgan fingerprint density at radius 1 is 1.37 bits per heavy atom. The predicted molar refractivity (Wildman–Crippen MR) is 79.0 cm³/mol. The molecule has 3 nitrogen and oxygen atoms in total. The Kier molecular flexibility index (Phi) is 4.48. The summed E-state index contributed by atoms with van der Waals surface area (Å²) in [6, 6.07) is 2.10. The average molecular weight is 262 g/mol. The van der Waals surface area contributed by atoms with Crippen LogP contribution < -0.4 is 5.32 Å². The molecule has 0 radical (unpaired) electrons. The first-order valence-corrected chi connectivity index (χ1v) is 7.12. The van der Waals surface area contributed by atoms with E-state index in [9.17, 15) is 0 Å². The Bertz CT molecular complexity index is 440. The molecule has 1 aromatic heterocycles. The molecule has 0 spiro atoms. The van der Waals surface area contributed by atoms with Crippen molar-refractivity contribution in [2.24, 2.45) is 0 Å². The molecule has 0 bridgehead atoms. The van der Waals surface area contributed by atoms with Gasteiger partial charge in [-0.25, -0.2) is 0 Å². The highest BCUT2D eigenvalue weighted by atomic mass is 16.3. The van der Waals surface area contributed by atoms with Gasteiger partial charge in [-0.3, -0.25) is 4.90 Å². The van der Waals surface area contributed by atoms with E-state index in [1.807, 2.05) is 0 Å². The van der Waals surface area contributed by atoms with Crippen LogP contribution in [0.2, 0.25) is 0 Å². The van der Waals surface area contributed by atoms with Crippen molar-refractivity contribution in [2.75, 3.05) is 13.1 Å². The number of hydrogen-bond acceptors (Lipinski definition) is 3. The van der Waals surface area contributed by atoms with Gasteiger partial charge in [-0.05, 0) is 40.2 Å².